The highest BCUT2D eigenvalue weighted by molar-refractivity contribution is 5.75. The number of rotatable bonds is 5. The molecule has 1 aliphatic rings. The fraction of sp³-hybridized carbons (Fsp3) is 0.688. The maximum Gasteiger partial charge on any atom is 0.317 e. The molecule has 0 spiro atoms. The highest BCUT2D eigenvalue weighted by Gasteiger charge is 2.25. The summed E-state index contributed by atoms with van der Waals surface area (Å²) in [5.74, 6) is 0.802. The zero-order valence-corrected chi connectivity index (χ0v) is 14.1. The van der Waals surface area contributed by atoms with Crippen LogP contribution in [0.15, 0.2) is 4.52 Å². The SMILES string of the molecule is Cc1noc(C)c1[C@H](C)CNC(=O)N1CCC[C@H](CC(N)=O)C1. The van der Waals surface area contributed by atoms with Crippen molar-refractivity contribution in [2.24, 2.45) is 11.7 Å². The summed E-state index contributed by atoms with van der Waals surface area (Å²) in [6.45, 7) is 7.67. The van der Waals surface area contributed by atoms with Crippen LogP contribution in [0.3, 0.4) is 0 Å². The van der Waals surface area contributed by atoms with Crippen LogP contribution in [0.5, 0.6) is 0 Å². The van der Waals surface area contributed by atoms with Gasteiger partial charge in [0.15, 0.2) is 0 Å². The molecule has 0 bridgehead atoms. The van der Waals surface area contributed by atoms with Crippen molar-refractivity contribution in [2.45, 2.75) is 46.0 Å². The van der Waals surface area contributed by atoms with Crippen molar-refractivity contribution >= 4 is 11.9 Å². The van der Waals surface area contributed by atoms with E-state index in [2.05, 4.69) is 10.5 Å². The van der Waals surface area contributed by atoms with Gasteiger partial charge in [0.2, 0.25) is 5.91 Å². The molecule has 0 radical (unpaired) electrons. The summed E-state index contributed by atoms with van der Waals surface area (Å²) in [6, 6.07) is -0.0854. The van der Waals surface area contributed by atoms with Crippen molar-refractivity contribution in [1.29, 1.82) is 0 Å². The number of nitrogens with zero attached hydrogens (tertiary/aromatic N) is 2. The molecule has 2 atom stereocenters. The third-order valence-electron chi connectivity index (χ3n) is 4.44. The van der Waals surface area contributed by atoms with E-state index in [0.717, 1.165) is 36.4 Å². The molecule has 2 rings (SSSR count). The zero-order valence-electron chi connectivity index (χ0n) is 14.1. The van der Waals surface area contributed by atoms with E-state index in [1.54, 1.807) is 4.90 Å². The van der Waals surface area contributed by atoms with Crippen molar-refractivity contribution < 1.29 is 14.1 Å². The minimum atomic E-state index is -0.302. The number of hydrogen-bond donors (Lipinski definition) is 2. The number of piperidine rings is 1. The third kappa shape index (κ3) is 4.46. The molecule has 7 nitrogen and oxygen atoms in total. The quantitative estimate of drug-likeness (QED) is 0.861. The summed E-state index contributed by atoms with van der Waals surface area (Å²) in [4.78, 5) is 25.2. The molecular weight excluding hydrogens is 296 g/mol. The first-order chi connectivity index (χ1) is 10.9. The van der Waals surface area contributed by atoms with Crippen molar-refractivity contribution in [3.63, 3.8) is 0 Å². The molecule has 7 heteroatoms. The Kier molecular flexibility index (Phi) is 5.63. The van der Waals surface area contributed by atoms with Gasteiger partial charge in [0.1, 0.15) is 5.76 Å². The monoisotopic (exact) mass is 322 g/mol. The Morgan fingerprint density at radius 2 is 2.22 bits per heavy atom. The lowest BCUT2D eigenvalue weighted by atomic mass is 9.95. The van der Waals surface area contributed by atoms with E-state index >= 15 is 0 Å². The van der Waals surface area contributed by atoms with Crippen molar-refractivity contribution in [3.8, 4) is 0 Å². The number of likely N-dealkylation sites (tertiary alicyclic amines) is 1. The number of carbonyl (C=O) groups is 2. The van der Waals surface area contributed by atoms with Crippen LogP contribution in [0.25, 0.3) is 0 Å². The number of hydrogen-bond acceptors (Lipinski definition) is 4. The van der Waals surface area contributed by atoms with Gasteiger partial charge >= 0.3 is 6.03 Å². The Labute approximate surface area is 136 Å². The first-order valence-corrected chi connectivity index (χ1v) is 8.12. The second-order valence-electron chi connectivity index (χ2n) is 6.45. The highest BCUT2D eigenvalue weighted by atomic mass is 16.5. The van der Waals surface area contributed by atoms with Gasteiger partial charge in [0.05, 0.1) is 5.69 Å². The van der Waals surface area contributed by atoms with Crippen molar-refractivity contribution in [2.75, 3.05) is 19.6 Å². The average Bonchev–Trinajstić information content (AvgIpc) is 2.83. The van der Waals surface area contributed by atoms with E-state index in [0.29, 0.717) is 19.5 Å². The summed E-state index contributed by atoms with van der Waals surface area (Å²) >= 11 is 0. The van der Waals surface area contributed by atoms with Gasteiger partial charge < -0.3 is 20.5 Å². The summed E-state index contributed by atoms with van der Waals surface area (Å²) in [5.41, 5.74) is 7.17. The highest BCUT2D eigenvalue weighted by Crippen LogP contribution is 2.23. The van der Waals surface area contributed by atoms with Crippen LogP contribution in [0, 0.1) is 19.8 Å². The van der Waals surface area contributed by atoms with E-state index < -0.39 is 0 Å². The second-order valence-corrected chi connectivity index (χ2v) is 6.45. The van der Waals surface area contributed by atoms with Crippen molar-refractivity contribution in [3.05, 3.63) is 17.0 Å². The second kappa shape index (κ2) is 7.48. The third-order valence-corrected chi connectivity index (χ3v) is 4.44. The number of amides is 3. The number of primary amides is 1. The van der Waals surface area contributed by atoms with Gasteiger partial charge in [-0.25, -0.2) is 4.79 Å². The molecule has 0 saturated carbocycles. The summed E-state index contributed by atoms with van der Waals surface area (Å²) in [7, 11) is 0. The smallest absolute Gasteiger partial charge is 0.317 e. The molecule has 0 unspecified atom stereocenters. The molecular formula is C16H26N4O3. The molecule has 128 valence electrons. The van der Waals surface area contributed by atoms with Gasteiger partial charge in [-0.2, -0.15) is 0 Å². The molecule has 2 heterocycles. The van der Waals surface area contributed by atoms with Crippen LogP contribution in [0.1, 0.15) is 49.1 Å². The Balaban J connectivity index is 1.85. The summed E-state index contributed by atoms with van der Waals surface area (Å²) in [5, 5.41) is 6.92. The lowest BCUT2D eigenvalue weighted by molar-refractivity contribution is -0.119. The standard InChI is InChI=1S/C16H26N4O3/c1-10(15-11(2)19-23-12(15)3)8-18-16(22)20-6-4-5-13(9-20)7-14(17)21/h10,13H,4-9H2,1-3H3,(H2,17,21)(H,18,22)/t10-,13-/m1/s1. The van der Waals surface area contributed by atoms with Gasteiger partial charge in [-0.1, -0.05) is 12.1 Å². The molecule has 23 heavy (non-hydrogen) atoms. The van der Waals surface area contributed by atoms with Gasteiger partial charge in [-0.05, 0) is 32.6 Å². The molecule has 1 aromatic rings. The van der Waals surface area contributed by atoms with Crippen molar-refractivity contribution in [1.82, 2.24) is 15.4 Å². The number of aryl methyl sites for hydroxylation is 2. The number of aromatic nitrogens is 1. The Hall–Kier alpha value is -2.05. The number of urea groups is 1. The van der Waals surface area contributed by atoms with E-state index in [9.17, 15) is 9.59 Å². The summed E-state index contributed by atoms with van der Waals surface area (Å²) < 4.78 is 5.17. The maximum atomic E-state index is 12.3. The van der Waals surface area contributed by atoms with Crippen LogP contribution < -0.4 is 11.1 Å². The first-order valence-electron chi connectivity index (χ1n) is 8.12. The molecule has 1 aliphatic heterocycles. The predicted molar refractivity (Wildman–Crippen MR) is 85.9 cm³/mol. The topological polar surface area (TPSA) is 101 Å². The number of nitrogens with two attached hydrogens (primary N) is 1. The normalized spacial score (nSPS) is 19.4. The van der Waals surface area contributed by atoms with Gasteiger partial charge in [0, 0.05) is 37.5 Å². The average molecular weight is 322 g/mol. The molecule has 1 fully saturated rings. The first kappa shape index (κ1) is 17.3. The molecule has 0 aromatic carbocycles. The van der Waals surface area contributed by atoms with Gasteiger partial charge in [-0.3, -0.25) is 4.79 Å². The van der Waals surface area contributed by atoms with Gasteiger partial charge in [0.25, 0.3) is 0 Å². The van der Waals surface area contributed by atoms with E-state index in [1.165, 1.54) is 0 Å². The van der Waals surface area contributed by atoms with Crippen LogP contribution in [0.2, 0.25) is 0 Å². The Morgan fingerprint density at radius 3 is 2.83 bits per heavy atom. The number of carbonyl (C=O) groups excluding carboxylic acids is 2. The zero-order chi connectivity index (χ0) is 17.0. The molecule has 3 N–H and O–H groups in total. The largest absolute Gasteiger partial charge is 0.370 e. The molecule has 0 aliphatic carbocycles. The predicted octanol–water partition coefficient (Wildman–Crippen LogP) is 1.69. The van der Waals surface area contributed by atoms with Crippen LogP contribution >= 0.6 is 0 Å². The maximum absolute atomic E-state index is 12.3. The lowest BCUT2D eigenvalue weighted by Crippen LogP contribution is -2.46. The molecule has 3 amide bonds. The summed E-state index contributed by atoms with van der Waals surface area (Å²) in [6.07, 6.45) is 2.20. The van der Waals surface area contributed by atoms with E-state index in [1.807, 2.05) is 20.8 Å². The minimum absolute atomic E-state index is 0.0854. The lowest BCUT2D eigenvalue weighted by Gasteiger charge is -2.32. The molecule has 1 aromatic heterocycles. The molecule has 1 saturated heterocycles. The number of nitrogens with one attached hydrogen (secondary N) is 1. The van der Waals surface area contributed by atoms with Crippen LogP contribution in [0.4, 0.5) is 4.79 Å². The fourth-order valence-corrected chi connectivity index (χ4v) is 3.35. The van der Waals surface area contributed by atoms with Crippen LogP contribution in [-0.4, -0.2) is 41.6 Å². The Morgan fingerprint density at radius 1 is 1.48 bits per heavy atom. The van der Waals surface area contributed by atoms with Crippen LogP contribution in [-0.2, 0) is 4.79 Å². The fourth-order valence-electron chi connectivity index (χ4n) is 3.35. The van der Waals surface area contributed by atoms with E-state index in [4.69, 9.17) is 10.3 Å². The van der Waals surface area contributed by atoms with E-state index in [-0.39, 0.29) is 23.8 Å². The Bertz CT molecular complexity index is 550. The minimum Gasteiger partial charge on any atom is -0.370 e. The van der Waals surface area contributed by atoms with Gasteiger partial charge in [-0.15, -0.1) is 0 Å².